The minimum Gasteiger partial charge on any atom is -0.465 e. The molecule has 19 heavy (non-hydrogen) atoms. The van der Waals surface area contributed by atoms with Crippen molar-refractivity contribution in [3.05, 3.63) is 39.4 Å². The molecule has 0 aliphatic carbocycles. The summed E-state index contributed by atoms with van der Waals surface area (Å²) in [5.74, 6) is -0.556. The van der Waals surface area contributed by atoms with E-state index in [1.54, 1.807) is 12.1 Å². The van der Waals surface area contributed by atoms with Crippen LogP contribution in [0.1, 0.15) is 15.9 Å². The third-order valence-electron chi connectivity index (χ3n) is 2.85. The number of rotatable bonds is 5. The Balaban J connectivity index is 3.05. The van der Waals surface area contributed by atoms with Crippen molar-refractivity contribution in [1.29, 1.82) is 0 Å². The molecule has 0 fully saturated rings. The van der Waals surface area contributed by atoms with Crippen LogP contribution in [0.5, 0.6) is 0 Å². The molecule has 0 heterocycles. The number of nitro groups is 1. The first-order valence-corrected chi connectivity index (χ1v) is 9.81. The van der Waals surface area contributed by atoms with Crippen molar-refractivity contribution in [2.24, 2.45) is 0 Å². The second-order valence-electron chi connectivity index (χ2n) is 5.65. The summed E-state index contributed by atoms with van der Waals surface area (Å²) in [7, 11) is 0.00299. The van der Waals surface area contributed by atoms with Crippen LogP contribution in [-0.4, -0.2) is 26.1 Å². The van der Waals surface area contributed by atoms with Crippen LogP contribution in [0.4, 0.5) is 5.69 Å². The van der Waals surface area contributed by atoms with Crippen molar-refractivity contribution in [2.75, 3.05) is 7.11 Å². The largest absolute Gasteiger partial charge is 0.465 e. The molecule has 1 rings (SSSR count). The molecule has 0 spiro atoms. The van der Waals surface area contributed by atoms with Gasteiger partial charge in [0.25, 0.3) is 5.69 Å². The van der Waals surface area contributed by atoms with Gasteiger partial charge in [-0.15, -0.1) is 0 Å². The Hall–Kier alpha value is -1.69. The van der Waals surface area contributed by atoms with Crippen LogP contribution in [0.2, 0.25) is 25.7 Å². The predicted molar refractivity (Wildman–Crippen MR) is 76.3 cm³/mol. The number of ether oxygens (including phenoxy) is 1. The SMILES string of the molecule is COC(=O)c1ccc(CC[Si](C)(C)C)c([N+](=O)[O-])c1. The zero-order valence-electron chi connectivity index (χ0n) is 11.7. The quantitative estimate of drug-likeness (QED) is 0.359. The van der Waals surface area contributed by atoms with E-state index in [4.69, 9.17) is 0 Å². The molecule has 5 nitrogen and oxygen atoms in total. The molecule has 0 saturated heterocycles. The molecule has 6 heteroatoms. The summed E-state index contributed by atoms with van der Waals surface area (Å²) in [5, 5.41) is 11.1. The molecule has 1 aromatic carbocycles. The van der Waals surface area contributed by atoms with E-state index in [-0.39, 0.29) is 11.3 Å². The Bertz CT molecular complexity index is 494. The zero-order chi connectivity index (χ0) is 14.6. The van der Waals surface area contributed by atoms with E-state index >= 15 is 0 Å². The van der Waals surface area contributed by atoms with Gasteiger partial charge >= 0.3 is 5.97 Å². The van der Waals surface area contributed by atoms with Gasteiger partial charge in [0.05, 0.1) is 17.6 Å². The van der Waals surface area contributed by atoms with Crippen molar-refractivity contribution >= 4 is 19.7 Å². The molecule has 0 amide bonds. The standard InChI is InChI=1S/C13H19NO4Si/c1-18-13(15)11-6-5-10(7-8-19(2,3)4)12(9-11)14(16)17/h5-6,9H,7-8H2,1-4H3. The highest BCUT2D eigenvalue weighted by Gasteiger charge is 2.20. The molecule has 0 atom stereocenters. The second-order valence-corrected chi connectivity index (χ2v) is 11.3. The minimum atomic E-state index is -1.25. The van der Waals surface area contributed by atoms with Gasteiger partial charge in [-0.1, -0.05) is 31.8 Å². The molecule has 104 valence electrons. The van der Waals surface area contributed by atoms with E-state index in [0.29, 0.717) is 12.0 Å². The Kier molecular flexibility index (Phi) is 4.82. The number of benzene rings is 1. The molecule has 0 aliphatic rings. The molecule has 1 aromatic rings. The normalized spacial score (nSPS) is 11.2. The number of methoxy groups -OCH3 is 1. The fourth-order valence-electron chi connectivity index (χ4n) is 1.70. The number of carbonyl (C=O) groups is 1. The highest BCUT2D eigenvalue weighted by atomic mass is 28.3. The summed E-state index contributed by atoms with van der Waals surface area (Å²) in [6.45, 7) is 6.67. The summed E-state index contributed by atoms with van der Waals surface area (Å²) in [5.41, 5.74) is 0.896. The highest BCUT2D eigenvalue weighted by Crippen LogP contribution is 2.24. The number of nitrogens with zero attached hydrogens (tertiary/aromatic N) is 1. The number of carbonyl (C=O) groups excluding carboxylic acids is 1. The van der Waals surface area contributed by atoms with Gasteiger partial charge in [-0.25, -0.2) is 4.79 Å². The van der Waals surface area contributed by atoms with E-state index in [1.807, 2.05) is 0 Å². The molecule has 0 bridgehead atoms. The van der Waals surface area contributed by atoms with E-state index in [2.05, 4.69) is 24.4 Å². The average Bonchev–Trinajstić information content (AvgIpc) is 2.34. The van der Waals surface area contributed by atoms with Crippen LogP contribution >= 0.6 is 0 Å². The summed E-state index contributed by atoms with van der Waals surface area (Å²) in [6, 6.07) is 5.51. The van der Waals surface area contributed by atoms with Crippen LogP contribution in [0.15, 0.2) is 18.2 Å². The number of hydrogen-bond acceptors (Lipinski definition) is 4. The Morgan fingerprint density at radius 3 is 2.47 bits per heavy atom. The van der Waals surface area contributed by atoms with Gasteiger partial charge in [0.15, 0.2) is 0 Å². The fourth-order valence-corrected chi connectivity index (χ4v) is 2.72. The average molecular weight is 281 g/mol. The molecule has 0 unspecified atom stereocenters. The molecule has 0 radical (unpaired) electrons. The first-order valence-electron chi connectivity index (χ1n) is 6.10. The van der Waals surface area contributed by atoms with Gasteiger partial charge in [0.1, 0.15) is 0 Å². The summed E-state index contributed by atoms with van der Waals surface area (Å²) in [4.78, 5) is 22.0. The summed E-state index contributed by atoms with van der Waals surface area (Å²) >= 11 is 0. The first kappa shape index (κ1) is 15.4. The van der Waals surface area contributed by atoms with Crippen LogP contribution in [0, 0.1) is 10.1 Å². The van der Waals surface area contributed by atoms with Gasteiger partial charge in [0.2, 0.25) is 0 Å². The lowest BCUT2D eigenvalue weighted by molar-refractivity contribution is -0.385. The molecule has 0 aliphatic heterocycles. The number of hydrogen-bond donors (Lipinski definition) is 0. The van der Waals surface area contributed by atoms with Gasteiger partial charge in [-0.05, 0) is 12.5 Å². The number of nitro benzene ring substituents is 1. The van der Waals surface area contributed by atoms with Gasteiger partial charge in [-0.2, -0.15) is 0 Å². The summed E-state index contributed by atoms with van der Waals surface area (Å²) < 4.78 is 4.57. The lowest BCUT2D eigenvalue weighted by Gasteiger charge is -2.15. The maximum atomic E-state index is 11.4. The van der Waals surface area contributed by atoms with Crippen LogP contribution in [0.25, 0.3) is 0 Å². The minimum absolute atomic E-state index is 0.00106. The van der Waals surface area contributed by atoms with Crippen molar-refractivity contribution < 1.29 is 14.5 Å². The van der Waals surface area contributed by atoms with E-state index in [9.17, 15) is 14.9 Å². The van der Waals surface area contributed by atoms with E-state index in [1.165, 1.54) is 13.2 Å². The van der Waals surface area contributed by atoms with Crippen molar-refractivity contribution in [2.45, 2.75) is 32.1 Å². The Morgan fingerprint density at radius 1 is 1.37 bits per heavy atom. The van der Waals surface area contributed by atoms with E-state index in [0.717, 1.165) is 6.04 Å². The highest BCUT2D eigenvalue weighted by molar-refractivity contribution is 6.76. The third-order valence-corrected chi connectivity index (χ3v) is 4.60. The zero-order valence-corrected chi connectivity index (χ0v) is 12.7. The van der Waals surface area contributed by atoms with Crippen LogP contribution < -0.4 is 0 Å². The Morgan fingerprint density at radius 2 is 2.00 bits per heavy atom. The smallest absolute Gasteiger partial charge is 0.338 e. The molecular weight excluding hydrogens is 262 g/mol. The van der Waals surface area contributed by atoms with Crippen molar-refractivity contribution in [3.63, 3.8) is 0 Å². The second kappa shape index (κ2) is 5.97. The van der Waals surface area contributed by atoms with Crippen LogP contribution in [0.3, 0.4) is 0 Å². The van der Waals surface area contributed by atoms with Crippen LogP contribution in [-0.2, 0) is 11.2 Å². The Labute approximate surface area is 113 Å². The molecular formula is C13H19NO4Si. The molecule has 0 N–H and O–H groups in total. The fraction of sp³-hybridized carbons (Fsp3) is 0.462. The maximum absolute atomic E-state index is 11.4. The van der Waals surface area contributed by atoms with Gasteiger partial charge in [0, 0.05) is 19.7 Å². The molecule has 0 saturated carbocycles. The van der Waals surface area contributed by atoms with Gasteiger partial charge < -0.3 is 4.74 Å². The van der Waals surface area contributed by atoms with Gasteiger partial charge in [-0.3, -0.25) is 10.1 Å². The lowest BCUT2D eigenvalue weighted by atomic mass is 10.1. The summed E-state index contributed by atoms with van der Waals surface area (Å²) in [6.07, 6.45) is 0.674. The lowest BCUT2D eigenvalue weighted by Crippen LogP contribution is -2.20. The van der Waals surface area contributed by atoms with Crippen molar-refractivity contribution in [3.8, 4) is 0 Å². The third kappa shape index (κ3) is 4.48. The predicted octanol–water partition coefficient (Wildman–Crippen LogP) is 3.26. The van der Waals surface area contributed by atoms with Crippen molar-refractivity contribution in [1.82, 2.24) is 0 Å². The van der Waals surface area contributed by atoms with E-state index < -0.39 is 19.0 Å². The number of aryl methyl sites for hydroxylation is 1. The molecule has 0 aromatic heterocycles. The topological polar surface area (TPSA) is 69.4 Å². The maximum Gasteiger partial charge on any atom is 0.338 e. The number of esters is 1. The monoisotopic (exact) mass is 281 g/mol. The first-order chi connectivity index (χ1) is 8.74.